The Labute approximate surface area is 95.7 Å². The van der Waals surface area contributed by atoms with Crippen molar-refractivity contribution in [2.24, 2.45) is 0 Å². The van der Waals surface area contributed by atoms with Crippen molar-refractivity contribution in [2.45, 2.75) is 0 Å². The van der Waals surface area contributed by atoms with Crippen LogP contribution in [-0.2, 0) is 0 Å². The fourth-order valence-corrected chi connectivity index (χ4v) is 0. The van der Waals surface area contributed by atoms with E-state index in [-0.39, 0.29) is 76.2 Å². The van der Waals surface area contributed by atoms with Crippen LogP contribution in [0.5, 0.6) is 0 Å². The Morgan fingerprint density at radius 2 is 1.14 bits per heavy atom. The average Bonchev–Trinajstić information content (AvgIpc) is 0.811. The minimum absolute atomic E-state index is 0. The third-order valence-corrected chi connectivity index (χ3v) is 0. The predicted octanol–water partition coefficient (Wildman–Crippen LogP) is 0.418. The molecule has 7 heavy (non-hydrogen) atoms. The molecule has 0 aromatic carbocycles. The van der Waals surface area contributed by atoms with Gasteiger partial charge < -0.3 is 10.2 Å². The van der Waals surface area contributed by atoms with E-state index in [9.17, 15) is 0 Å². The maximum absolute atomic E-state index is 8.56. The zero-order chi connectivity index (χ0) is 3.58. The van der Waals surface area contributed by atoms with Gasteiger partial charge in [-0.25, -0.2) is 4.79 Å². The molecular formula is CH5Cl2KO3. The van der Waals surface area contributed by atoms with Crippen LogP contribution in [0.2, 0.25) is 0 Å². The molecule has 0 atom stereocenters. The number of carboxylic acid groups (broad SMARTS) is 2. The summed E-state index contributed by atoms with van der Waals surface area (Å²) in [7, 11) is 0. The van der Waals surface area contributed by atoms with Crippen molar-refractivity contribution in [2.75, 3.05) is 0 Å². The third kappa shape index (κ3) is 102. The Balaban J connectivity index is -0.0000000150. The van der Waals surface area contributed by atoms with Crippen molar-refractivity contribution in [3.8, 4) is 0 Å². The van der Waals surface area contributed by atoms with Gasteiger partial charge in [-0.1, -0.05) is 0 Å². The van der Waals surface area contributed by atoms with Crippen molar-refractivity contribution in [3.05, 3.63) is 0 Å². The molecule has 0 unspecified atom stereocenters. The third-order valence-electron chi connectivity index (χ3n) is 0. The zero-order valence-electron chi connectivity index (χ0n) is 2.62. The van der Waals surface area contributed by atoms with E-state index in [2.05, 4.69) is 0 Å². The molecule has 3 nitrogen and oxygen atoms in total. The van der Waals surface area contributed by atoms with Crippen LogP contribution in [0.15, 0.2) is 0 Å². The van der Waals surface area contributed by atoms with Gasteiger partial charge in [-0.3, -0.25) is 0 Å². The summed E-state index contributed by atoms with van der Waals surface area (Å²) in [5, 5.41) is 13.9. The number of carbonyl (C=O) groups is 1. The molecule has 0 heterocycles. The van der Waals surface area contributed by atoms with Gasteiger partial charge in [-0.15, -0.1) is 24.8 Å². The van der Waals surface area contributed by atoms with Gasteiger partial charge in [0.05, 0.1) is 0 Å². The molecule has 0 aromatic rings. The molecule has 0 fully saturated rings. The van der Waals surface area contributed by atoms with E-state index in [0.717, 1.165) is 0 Å². The summed E-state index contributed by atoms with van der Waals surface area (Å²) in [6.45, 7) is 0. The van der Waals surface area contributed by atoms with E-state index in [1.54, 1.807) is 0 Å². The summed E-state index contributed by atoms with van der Waals surface area (Å²) in [4.78, 5) is 8.56. The molecule has 0 aliphatic carbocycles. The van der Waals surface area contributed by atoms with Crippen molar-refractivity contribution in [1.29, 1.82) is 0 Å². The van der Waals surface area contributed by atoms with Gasteiger partial charge >= 0.3 is 57.5 Å². The molecule has 0 aromatic heterocycles. The summed E-state index contributed by atoms with van der Waals surface area (Å²) >= 11 is 0. The second-order valence-corrected chi connectivity index (χ2v) is 0.283. The van der Waals surface area contributed by atoms with Crippen LogP contribution in [-0.4, -0.2) is 67.8 Å². The molecule has 0 spiro atoms. The van der Waals surface area contributed by atoms with Crippen molar-refractivity contribution in [3.63, 3.8) is 0 Å². The maximum atomic E-state index is 8.56. The molecule has 0 aliphatic rings. The van der Waals surface area contributed by atoms with Crippen molar-refractivity contribution >= 4 is 82.4 Å². The average molecular weight is 175 g/mol. The number of hydrogen-bond donors (Lipinski definition) is 2. The van der Waals surface area contributed by atoms with Crippen LogP contribution in [0.25, 0.3) is 0 Å². The minimum atomic E-state index is -1.83. The first-order chi connectivity index (χ1) is 1.73. The van der Waals surface area contributed by atoms with Gasteiger partial charge in [0.25, 0.3) is 0 Å². The normalized spacial score (nSPS) is 3.43. The van der Waals surface area contributed by atoms with Crippen LogP contribution >= 0.6 is 24.8 Å². The van der Waals surface area contributed by atoms with E-state index in [1.807, 2.05) is 0 Å². The van der Waals surface area contributed by atoms with E-state index < -0.39 is 6.16 Å². The van der Waals surface area contributed by atoms with Gasteiger partial charge in [-0.05, 0) is 0 Å². The van der Waals surface area contributed by atoms with E-state index in [4.69, 9.17) is 15.0 Å². The standard InChI is InChI=1S/CH2O3.2ClH.K.H/c2-1(3)4;;;;/h(H2,2,3,4);2*1H;;. The van der Waals surface area contributed by atoms with E-state index in [1.165, 1.54) is 0 Å². The molecule has 42 valence electrons. The summed E-state index contributed by atoms with van der Waals surface area (Å²) in [5.74, 6) is 0. The molecular weight excluding hydrogens is 170 g/mol. The Morgan fingerprint density at radius 3 is 1.14 bits per heavy atom. The van der Waals surface area contributed by atoms with Crippen LogP contribution in [0.3, 0.4) is 0 Å². The molecule has 6 heteroatoms. The molecule has 0 saturated carbocycles. The first-order valence-electron chi connectivity index (χ1n) is 0.651. The molecule has 0 amide bonds. The first-order valence-corrected chi connectivity index (χ1v) is 0.651. The summed E-state index contributed by atoms with van der Waals surface area (Å²) < 4.78 is 0. The molecule has 0 bridgehead atoms. The number of halogens is 2. The van der Waals surface area contributed by atoms with Gasteiger partial charge in [0.1, 0.15) is 0 Å². The van der Waals surface area contributed by atoms with Crippen LogP contribution < -0.4 is 0 Å². The van der Waals surface area contributed by atoms with Crippen LogP contribution in [0.1, 0.15) is 0 Å². The van der Waals surface area contributed by atoms with E-state index >= 15 is 0 Å². The fourth-order valence-electron chi connectivity index (χ4n) is 0. The Bertz CT molecular complexity index is 35.9. The van der Waals surface area contributed by atoms with Gasteiger partial charge in [0.15, 0.2) is 0 Å². The van der Waals surface area contributed by atoms with Crippen molar-refractivity contribution in [1.82, 2.24) is 0 Å². The summed E-state index contributed by atoms with van der Waals surface area (Å²) in [6, 6.07) is 0. The first kappa shape index (κ1) is 23.6. The quantitative estimate of drug-likeness (QED) is 0.524. The Kier molecular flexibility index (Phi) is 52.8. The monoisotopic (exact) mass is 174 g/mol. The number of hydrogen-bond acceptors (Lipinski definition) is 1. The molecule has 2 N–H and O–H groups in total. The SMILES string of the molecule is Cl.Cl.O=C(O)O.[KH]. The fraction of sp³-hybridized carbons (Fsp3) is 0. The molecule has 0 aliphatic heterocycles. The van der Waals surface area contributed by atoms with Crippen molar-refractivity contribution < 1.29 is 15.0 Å². The Morgan fingerprint density at radius 1 is 1.14 bits per heavy atom. The summed E-state index contributed by atoms with van der Waals surface area (Å²) in [5.41, 5.74) is 0. The van der Waals surface area contributed by atoms with Crippen LogP contribution in [0, 0.1) is 0 Å². The predicted molar refractivity (Wildman–Crippen MR) is 32.3 cm³/mol. The summed E-state index contributed by atoms with van der Waals surface area (Å²) in [6.07, 6.45) is -1.83. The Hall–Kier alpha value is 1.49. The molecule has 0 radical (unpaired) electrons. The number of rotatable bonds is 0. The van der Waals surface area contributed by atoms with Gasteiger partial charge in [0.2, 0.25) is 0 Å². The van der Waals surface area contributed by atoms with Gasteiger partial charge in [-0.2, -0.15) is 0 Å². The topological polar surface area (TPSA) is 57.5 Å². The second kappa shape index (κ2) is 15.6. The second-order valence-electron chi connectivity index (χ2n) is 0.283. The molecule has 0 saturated heterocycles. The van der Waals surface area contributed by atoms with Crippen LogP contribution in [0.4, 0.5) is 4.79 Å². The van der Waals surface area contributed by atoms with E-state index in [0.29, 0.717) is 0 Å². The zero-order valence-corrected chi connectivity index (χ0v) is 4.25. The van der Waals surface area contributed by atoms with Gasteiger partial charge in [0, 0.05) is 0 Å². The molecule has 0 rings (SSSR count).